The summed E-state index contributed by atoms with van der Waals surface area (Å²) in [4.78, 5) is 12.5. The van der Waals surface area contributed by atoms with Gasteiger partial charge in [-0.05, 0) is 24.3 Å². The first-order valence-corrected chi connectivity index (χ1v) is 6.56. The Morgan fingerprint density at radius 2 is 1.52 bits per heavy atom. The van der Waals surface area contributed by atoms with E-state index in [1.54, 1.807) is 45.6 Å². The van der Waals surface area contributed by atoms with E-state index in [-0.39, 0.29) is 12.2 Å². The Balaban J connectivity index is 2.30. The third-order valence-corrected chi connectivity index (χ3v) is 3.26. The van der Waals surface area contributed by atoms with Crippen LogP contribution in [0.2, 0.25) is 0 Å². The maximum atomic E-state index is 12.5. The van der Waals surface area contributed by atoms with Gasteiger partial charge in [0, 0.05) is 17.5 Å². The van der Waals surface area contributed by atoms with E-state index in [0.717, 1.165) is 5.56 Å². The Hall–Kier alpha value is -2.49. The second kappa shape index (κ2) is 6.79. The number of ketones is 1. The second-order valence-corrected chi connectivity index (χ2v) is 4.47. The first kappa shape index (κ1) is 14.9. The fourth-order valence-electron chi connectivity index (χ4n) is 2.16. The molecule has 2 aromatic rings. The Kier molecular flexibility index (Phi) is 4.82. The summed E-state index contributed by atoms with van der Waals surface area (Å²) in [5, 5.41) is 0. The molecule has 0 aromatic heterocycles. The summed E-state index contributed by atoms with van der Waals surface area (Å²) in [7, 11) is 4.73. The molecule has 0 heterocycles. The first-order valence-electron chi connectivity index (χ1n) is 6.56. The van der Waals surface area contributed by atoms with E-state index >= 15 is 0 Å². The number of benzene rings is 2. The number of rotatable bonds is 6. The standard InChI is InChI=1S/C17H18O4/c1-19-13-7-4-6-12(10-13)15(18)11-14-16(20-2)8-5-9-17(14)21-3/h4-10H,11H2,1-3H3. The van der Waals surface area contributed by atoms with Gasteiger partial charge in [0.2, 0.25) is 0 Å². The van der Waals surface area contributed by atoms with Crippen molar-refractivity contribution in [2.75, 3.05) is 21.3 Å². The van der Waals surface area contributed by atoms with Crippen LogP contribution in [0, 0.1) is 0 Å². The first-order chi connectivity index (χ1) is 10.2. The van der Waals surface area contributed by atoms with Crippen molar-refractivity contribution in [2.24, 2.45) is 0 Å². The summed E-state index contributed by atoms with van der Waals surface area (Å²) >= 11 is 0. The molecule has 4 nitrogen and oxygen atoms in total. The van der Waals surface area contributed by atoms with Gasteiger partial charge in [-0.15, -0.1) is 0 Å². The lowest BCUT2D eigenvalue weighted by Gasteiger charge is -2.12. The minimum absolute atomic E-state index is 0.0169. The van der Waals surface area contributed by atoms with Crippen LogP contribution in [0.5, 0.6) is 17.2 Å². The molecule has 0 aliphatic carbocycles. The maximum absolute atomic E-state index is 12.5. The number of hydrogen-bond acceptors (Lipinski definition) is 4. The highest BCUT2D eigenvalue weighted by molar-refractivity contribution is 5.98. The maximum Gasteiger partial charge on any atom is 0.167 e. The molecule has 0 fully saturated rings. The summed E-state index contributed by atoms with van der Waals surface area (Å²) in [5.41, 5.74) is 1.35. The molecule has 0 saturated heterocycles. The van der Waals surface area contributed by atoms with E-state index in [9.17, 15) is 4.79 Å². The molecule has 0 N–H and O–H groups in total. The molecule has 21 heavy (non-hydrogen) atoms. The number of ether oxygens (including phenoxy) is 3. The third kappa shape index (κ3) is 3.34. The molecule has 0 amide bonds. The van der Waals surface area contributed by atoms with E-state index in [2.05, 4.69) is 0 Å². The van der Waals surface area contributed by atoms with Gasteiger partial charge in [0.1, 0.15) is 17.2 Å². The van der Waals surface area contributed by atoms with E-state index in [4.69, 9.17) is 14.2 Å². The predicted molar refractivity (Wildman–Crippen MR) is 80.6 cm³/mol. The van der Waals surface area contributed by atoms with Crippen LogP contribution in [-0.2, 0) is 6.42 Å². The van der Waals surface area contributed by atoms with Crippen molar-refractivity contribution in [1.82, 2.24) is 0 Å². The Morgan fingerprint density at radius 1 is 0.905 bits per heavy atom. The van der Waals surface area contributed by atoms with Crippen molar-refractivity contribution >= 4 is 5.78 Å². The lowest BCUT2D eigenvalue weighted by molar-refractivity contribution is 0.0991. The lowest BCUT2D eigenvalue weighted by atomic mass is 10.0. The Morgan fingerprint density at radius 3 is 2.10 bits per heavy atom. The molecule has 110 valence electrons. The second-order valence-electron chi connectivity index (χ2n) is 4.47. The van der Waals surface area contributed by atoms with Gasteiger partial charge in [-0.1, -0.05) is 18.2 Å². The van der Waals surface area contributed by atoms with Crippen LogP contribution in [0.25, 0.3) is 0 Å². The zero-order valence-corrected chi connectivity index (χ0v) is 12.4. The van der Waals surface area contributed by atoms with Crippen LogP contribution >= 0.6 is 0 Å². The fraction of sp³-hybridized carbons (Fsp3) is 0.235. The topological polar surface area (TPSA) is 44.8 Å². The van der Waals surface area contributed by atoms with Crippen molar-refractivity contribution in [3.63, 3.8) is 0 Å². The van der Waals surface area contributed by atoms with Crippen LogP contribution in [-0.4, -0.2) is 27.1 Å². The number of hydrogen-bond donors (Lipinski definition) is 0. The molecule has 2 aromatic carbocycles. The molecule has 2 rings (SSSR count). The van der Waals surface area contributed by atoms with Crippen molar-refractivity contribution in [2.45, 2.75) is 6.42 Å². The van der Waals surface area contributed by atoms with Gasteiger partial charge in [0.25, 0.3) is 0 Å². The quantitative estimate of drug-likeness (QED) is 0.765. The van der Waals surface area contributed by atoms with E-state index in [1.807, 2.05) is 18.2 Å². The van der Waals surface area contributed by atoms with Crippen molar-refractivity contribution < 1.29 is 19.0 Å². The molecule has 0 atom stereocenters. The van der Waals surface area contributed by atoms with Crippen LogP contribution in [0.1, 0.15) is 15.9 Å². The molecule has 0 bridgehead atoms. The van der Waals surface area contributed by atoms with Crippen LogP contribution in [0.4, 0.5) is 0 Å². The molecular formula is C17H18O4. The number of carbonyl (C=O) groups is 1. The van der Waals surface area contributed by atoms with E-state index in [1.165, 1.54) is 0 Å². The molecule has 0 radical (unpaired) electrons. The van der Waals surface area contributed by atoms with Gasteiger partial charge in [-0.25, -0.2) is 0 Å². The number of Topliss-reactive ketones (excluding diaryl/α,β-unsaturated/α-hetero) is 1. The molecule has 0 aliphatic rings. The molecule has 0 saturated carbocycles. The lowest BCUT2D eigenvalue weighted by Crippen LogP contribution is -2.07. The zero-order valence-electron chi connectivity index (χ0n) is 12.4. The van der Waals surface area contributed by atoms with Gasteiger partial charge >= 0.3 is 0 Å². The average molecular weight is 286 g/mol. The SMILES string of the molecule is COc1cccc(C(=O)Cc2c(OC)cccc2OC)c1. The highest BCUT2D eigenvalue weighted by atomic mass is 16.5. The highest BCUT2D eigenvalue weighted by Gasteiger charge is 2.15. The molecular weight excluding hydrogens is 268 g/mol. The van der Waals surface area contributed by atoms with Crippen molar-refractivity contribution in [1.29, 1.82) is 0 Å². The fourth-order valence-corrected chi connectivity index (χ4v) is 2.16. The monoisotopic (exact) mass is 286 g/mol. The van der Waals surface area contributed by atoms with Crippen LogP contribution < -0.4 is 14.2 Å². The predicted octanol–water partition coefficient (Wildman–Crippen LogP) is 3.14. The van der Waals surface area contributed by atoms with Crippen molar-refractivity contribution in [3.05, 3.63) is 53.6 Å². The molecule has 0 unspecified atom stereocenters. The smallest absolute Gasteiger partial charge is 0.167 e. The van der Waals surface area contributed by atoms with Gasteiger partial charge in [-0.3, -0.25) is 4.79 Å². The summed E-state index contributed by atoms with van der Waals surface area (Å²) in [6.45, 7) is 0. The minimum atomic E-state index is -0.0169. The Labute approximate surface area is 124 Å². The van der Waals surface area contributed by atoms with Gasteiger partial charge in [-0.2, -0.15) is 0 Å². The normalized spacial score (nSPS) is 10.0. The number of carbonyl (C=O) groups excluding carboxylic acids is 1. The molecule has 0 spiro atoms. The largest absolute Gasteiger partial charge is 0.497 e. The van der Waals surface area contributed by atoms with Crippen molar-refractivity contribution in [3.8, 4) is 17.2 Å². The highest BCUT2D eigenvalue weighted by Crippen LogP contribution is 2.29. The average Bonchev–Trinajstić information content (AvgIpc) is 2.54. The third-order valence-electron chi connectivity index (χ3n) is 3.26. The summed E-state index contributed by atoms with van der Waals surface area (Å²) in [5.74, 6) is 1.93. The molecule has 4 heteroatoms. The zero-order chi connectivity index (χ0) is 15.2. The van der Waals surface area contributed by atoms with Gasteiger partial charge < -0.3 is 14.2 Å². The number of methoxy groups -OCH3 is 3. The summed E-state index contributed by atoms with van der Waals surface area (Å²) < 4.78 is 15.8. The minimum Gasteiger partial charge on any atom is -0.497 e. The molecule has 0 aliphatic heterocycles. The van der Waals surface area contributed by atoms with Gasteiger partial charge in [0.05, 0.1) is 21.3 Å². The van der Waals surface area contributed by atoms with E-state index < -0.39 is 0 Å². The van der Waals surface area contributed by atoms with Gasteiger partial charge in [0.15, 0.2) is 5.78 Å². The van der Waals surface area contributed by atoms with Crippen LogP contribution in [0.3, 0.4) is 0 Å². The van der Waals surface area contributed by atoms with Crippen LogP contribution in [0.15, 0.2) is 42.5 Å². The summed E-state index contributed by atoms with van der Waals surface area (Å²) in [6, 6.07) is 12.6. The Bertz CT molecular complexity index is 612. The summed E-state index contributed by atoms with van der Waals surface area (Å²) in [6.07, 6.45) is 0.209. The van der Waals surface area contributed by atoms with E-state index in [0.29, 0.717) is 22.8 Å².